The molecule has 1 aromatic carbocycles. The van der Waals surface area contributed by atoms with Crippen LogP contribution in [0.2, 0.25) is 0 Å². The Bertz CT molecular complexity index is 668. The summed E-state index contributed by atoms with van der Waals surface area (Å²) in [6.07, 6.45) is -2.36. The van der Waals surface area contributed by atoms with E-state index in [1.165, 1.54) is 18.2 Å². The molecule has 0 aliphatic carbocycles. The molecule has 4 nitrogen and oxygen atoms in total. The largest absolute Gasteiger partial charge is 0.396 e. The zero-order valence-corrected chi connectivity index (χ0v) is 10.9. The van der Waals surface area contributed by atoms with Crippen LogP contribution in [0.1, 0.15) is 23.2 Å². The van der Waals surface area contributed by atoms with E-state index >= 15 is 0 Å². The van der Waals surface area contributed by atoms with Crippen molar-refractivity contribution in [2.45, 2.75) is 19.8 Å². The minimum atomic E-state index is -2.57. The lowest BCUT2D eigenvalue weighted by molar-refractivity contribution is 0.151. The normalized spacial score (nSPS) is 11.1. The van der Waals surface area contributed by atoms with Gasteiger partial charge in [0.05, 0.1) is 0 Å². The summed E-state index contributed by atoms with van der Waals surface area (Å²) in [7, 11) is 0. The maximum absolute atomic E-state index is 12.7. The van der Waals surface area contributed by atoms with Crippen LogP contribution in [0, 0.1) is 6.92 Å². The lowest BCUT2D eigenvalue weighted by Gasteiger charge is -2.07. The van der Waals surface area contributed by atoms with Crippen LogP contribution < -0.4 is 5.56 Å². The third-order valence-corrected chi connectivity index (χ3v) is 3.00. The first-order valence-corrected chi connectivity index (χ1v) is 6.12. The van der Waals surface area contributed by atoms with Crippen LogP contribution in [0.25, 0.3) is 11.4 Å². The Morgan fingerprint density at radius 2 is 2.15 bits per heavy atom. The lowest BCUT2D eigenvalue weighted by atomic mass is 10.1. The first-order valence-electron chi connectivity index (χ1n) is 6.12. The summed E-state index contributed by atoms with van der Waals surface area (Å²) < 4.78 is 25.3. The third-order valence-electron chi connectivity index (χ3n) is 3.00. The van der Waals surface area contributed by atoms with E-state index in [0.29, 0.717) is 16.8 Å². The van der Waals surface area contributed by atoms with Crippen LogP contribution >= 0.6 is 0 Å². The first kappa shape index (κ1) is 14.3. The van der Waals surface area contributed by atoms with E-state index in [9.17, 15) is 13.6 Å². The summed E-state index contributed by atoms with van der Waals surface area (Å²) in [5, 5.41) is 8.89. The number of H-pyrrole nitrogens is 1. The highest BCUT2D eigenvalue weighted by Crippen LogP contribution is 2.23. The molecule has 0 saturated heterocycles. The van der Waals surface area contributed by atoms with Crippen molar-refractivity contribution in [1.82, 2.24) is 9.97 Å². The van der Waals surface area contributed by atoms with Gasteiger partial charge in [0.2, 0.25) is 0 Å². The maximum Gasteiger partial charge on any atom is 0.263 e. The minimum absolute atomic E-state index is 0.123. The zero-order valence-electron chi connectivity index (χ0n) is 10.9. The van der Waals surface area contributed by atoms with Crippen molar-refractivity contribution < 1.29 is 13.9 Å². The summed E-state index contributed by atoms with van der Waals surface area (Å²) in [4.78, 5) is 18.7. The first-order chi connectivity index (χ1) is 9.52. The molecular formula is C14H14F2N2O2. The molecule has 0 amide bonds. The number of aromatic nitrogens is 2. The number of nitrogens with one attached hydrogen (secondary N) is 1. The van der Waals surface area contributed by atoms with Gasteiger partial charge in [-0.25, -0.2) is 13.8 Å². The molecule has 0 bridgehead atoms. The smallest absolute Gasteiger partial charge is 0.263 e. The molecule has 2 rings (SSSR count). The number of rotatable bonds is 4. The Morgan fingerprint density at radius 3 is 2.75 bits per heavy atom. The van der Waals surface area contributed by atoms with Crippen LogP contribution in [-0.4, -0.2) is 21.7 Å². The maximum atomic E-state index is 12.7. The van der Waals surface area contributed by atoms with Crippen LogP contribution in [0.5, 0.6) is 0 Å². The van der Waals surface area contributed by atoms with Crippen molar-refractivity contribution in [3.8, 4) is 11.4 Å². The van der Waals surface area contributed by atoms with E-state index in [4.69, 9.17) is 5.11 Å². The molecule has 0 spiro atoms. The van der Waals surface area contributed by atoms with Crippen molar-refractivity contribution in [3.63, 3.8) is 0 Å². The van der Waals surface area contributed by atoms with Gasteiger partial charge in [0.25, 0.3) is 12.0 Å². The summed E-state index contributed by atoms with van der Waals surface area (Å²) in [6, 6.07) is 5.72. The Labute approximate surface area is 114 Å². The van der Waals surface area contributed by atoms with E-state index in [-0.39, 0.29) is 30.0 Å². The predicted octanol–water partition coefficient (Wildman–Crippen LogP) is 2.22. The lowest BCUT2D eigenvalue weighted by Crippen LogP contribution is -2.18. The van der Waals surface area contributed by atoms with Crippen molar-refractivity contribution in [1.29, 1.82) is 0 Å². The van der Waals surface area contributed by atoms with Crippen LogP contribution in [0.15, 0.2) is 29.1 Å². The van der Waals surface area contributed by atoms with Gasteiger partial charge in [-0.15, -0.1) is 0 Å². The minimum Gasteiger partial charge on any atom is -0.396 e. The number of aliphatic hydroxyl groups excluding tert-OH is 1. The van der Waals surface area contributed by atoms with Crippen LogP contribution in [0.4, 0.5) is 8.78 Å². The average Bonchev–Trinajstić information content (AvgIpc) is 2.42. The molecular weight excluding hydrogens is 266 g/mol. The molecule has 20 heavy (non-hydrogen) atoms. The van der Waals surface area contributed by atoms with E-state index < -0.39 is 6.43 Å². The average molecular weight is 280 g/mol. The van der Waals surface area contributed by atoms with Gasteiger partial charge >= 0.3 is 0 Å². The number of aryl methyl sites for hydroxylation is 1. The van der Waals surface area contributed by atoms with Crippen LogP contribution in [-0.2, 0) is 6.42 Å². The standard InChI is InChI=1S/C14H14F2N2O2/c1-8-11(5-6-19)14(20)18-13(17-8)10-4-2-3-9(7-10)12(15)16/h2-4,7,12,19H,5-6H2,1H3,(H,17,18,20). The molecule has 0 aliphatic rings. The van der Waals surface area contributed by atoms with Crippen LogP contribution in [0.3, 0.4) is 0 Å². The fourth-order valence-corrected chi connectivity index (χ4v) is 1.98. The Balaban J connectivity index is 2.49. The highest BCUT2D eigenvalue weighted by molar-refractivity contribution is 5.56. The second-order valence-corrected chi connectivity index (χ2v) is 4.38. The number of hydrogen-bond acceptors (Lipinski definition) is 3. The number of benzene rings is 1. The molecule has 6 heteroatoms. The topological polar surface area (TPSA) is 66.0 Å². The second-order valence-electron chi connectivity index (χ2n) is 4.38. The quantitative estimate of drug-likeness (QED) is 0.902. The summed E-state index contributed by atoms with van der Waals surface area (Å²) in [5.74, 6) is 0.247. The SMILES string of the molecule is Cc1nc(-c2cccc(C(F)F)c2)[nH]c(=O)c1CCO. The number of nitrogens with zero attached hydrogens (tertiary/aromatic N) is 1. The number of aliphatic hydroxyl groups is 1. The summed E-state index contributed by atoms with van der Waals surface area (Å²) in [6.45, 7) is 1.51. The van der Waals surface area contributed by atoms with Gasteiger partial charge in [0.1, 0.15) is 5.82 Å². The molecule has 2 aromatic rings. The highest BCUT2D eigenvalue weighted by Gasteiger charge is 2.12. The van der Waals surface area contributed by atoms with Crippen molar-refractivity contribution in [3.05, 3.63) is 51.4 Å². The van der Waals surface area contributed by atoms with Gasteiger partial charge < -0.3 is 10.1 Å². The summed E-state index contributed by atoms with van der Waals surface area (Å²) >= 11 is 0. The van der Waals surface area contributed by atoms with Gasteiger partial charge in [-0.2, -0.15) is 0 Å². The van der Waals surface area contributed by atoms with Gasteiger partial charge in [0.15, 0.2) is 0 Å². The Morgan fingerprint density at radius 1 is 1.40 bits per heavy atom. The third kappa shape index (κ3) is 2.91. The molecule has 1 heterocycles. The van der Waals surface area contributed by atoms with Crippen molar-refractivity contribution >= 4 is 0 Å². The number of alkyl halides is 2. The number of aromatic amines is 1. The van der Waals surface area contributed by atoms with E-state index in [1.54, 1.807) is 13.0 Å². The van der Waals surface area contributed by atoms with E-state index in [0.717, 1.165) is 0 Å². The predicted molar refractivity (Wildman–Crippen MR) is 70.8 cm³/mol. The monoisotopic (exact) mass is 280 g/mol. The van der Waals surface area contributed by atoms with Gasteiger partial charge in [-0.05, 0) is 13.0 Å². The van der Waals surface area contributed by atoms with Crippen molar-refractivity contribution in [2.75, 3.05) is 6.61 Å². The van der Waals surface area contributed by atoms with E-state index in [2.05, 4.69) is 9.97 Å². The fourth-order valence-electron chi connectivity index (χ4n) is 1.98. The van der Waals surface area contributed by atoms with Gasteiger partial charge in [0, 0.05) is 35.4 Å². The molecule has 0 aliphatic heterocycles. The van der Waals surface area contributed by atoms with E-state index in [1.807, 2.05) is 0 Å². The second kappa shape index (κ2) is 5.92. The molecule has 0 radical (unpaired) electrons. The van der Waals surface area contributed by atoms with Gasteiger partial charge in [-0.1, -0.05) is 18.2 Å². The molecule has 0 unspecified atom stereocenters. The molecule has 106 valence electrons. The summed E-state index contributed by atoms with van der Waals surface area (Å²) in [5.41, 5.74) is 0.839. The Kier molecular flexibility index (Phi) is 4.24. The van der Waals surface area contributed by atoms with Gasteiger partial charge in [-0.3, -0.25) is 4.79 Å². The Hall–Kier alpha value is -2.08. The molecule has 0 fully saturated rings. The highest BCUT2D eigenvalue weighted by atomic mass is 19.3. The molecule has 1 aromatic heterocycles. The molecule has 0 saturated carbocycles. The molecule has 0 atom stereocenters. The fraction of sp³-hybridized carbons (Fsp3) is 0.286. The zero-order chi connectivity index (χ0) is 14.7. The number of halogens is 2. The number of hydrogen-bond donors (Lipinski definition) is 2. The molecule has 2 N–H and O–H groups in total. The van der Waals surface area contributed by atoms with Crippen molar-refractivity contribution in [2.24, 2.45) is 0 Å².